The number of piperidine rings is 1. The van der Waals surface area contributed by atoms with Crippen molar-refractivity contribution < 1.29 is 0 Å². The van der Waals surface area contributed by atoms with E-state index in [0.717, 1.165) is 10.9 Å². The summed E-state index contributed by atoms with van der Waals surface area (Å²) < 4.78 is 0. The Kier molecular flexibility index (Phi) is 5.88. The van der Waals surface area contributed by atoms with Crippen LogP contribution in [-0.2, 0) is 0 Å². The highest BCUT2D eigenvalue weighted by Gasteiger charge is 2.23. The van der Waals surface area contributed by atoms with E-state index in [1.807, 2.05) is 12.1 Å². The normalized spacial score (nSPS) is 18.7. The summed E-state index contributed by atoms with van der Waals surface area (Å²) in [6.07, 6.45) is 2.60. The van der Waals surface area contributed by atoms with E-state index >= 15 is 0 Å². The minimum atomic E-state index is 0.446. The maximum absolute atomic E-state index is 5.99. The highest BCUT2D eigenvalue weighted by atomic mass is 35.5. The fraction of sp³-hybridized carbons (Fsp3) is 0.647. The summed E-state index contributed by atoms with van der Waals surface area (Å²) in [7, 11) is 0. The van der Waals surface area contributed by atoms with Crippen molar-refractivity contribution in [1.29, 1.82) is 0 Å². The lowest BCUT2D eigenvalue weighted by Crippen LogP contribution is -2.40. The van der Waals surface area contributed by atoms with Gasteiger partial charge in [-0.05, 0) is 70.3 Å². The Labute approximate surface area is 128 Å². The molecule has 0 saturated carbocycles. The van der Waals surface area contributed by atoms with Crippen LogP contribution in [0.25, 0.3) is 0 Å². The molecule has 20 heavy (non-hydrogen) atoms. The molecule has 1 aliphatic rings. The van der Waals surface area contributed by atoms with Crippen LogP contribution >= 0.6 is 11.6 Å². The van der Waals surface area contributed by atoms with Gasteiger partial charge in [0, 0.05) is 23.7 Å². The monoisotopic (exact) mass is 294 g/mol. The summed E-state index contributed by atoms with van der Waals surface area (Å²) in [6.45, 7) is 10.5. The van der Waals surface area contributed by atoms with Crippen LogP contribution in [0.15, 0.2) is 24.3 Å². The third kappa shape index (κ3) is 4.21. The highest BCUT2D eigenvalue weighted by Crippen LogP contribution is 2.26. The van der Waals surface area contributed by atoms with E-state index in [4.69, 9.17) is 11.6 Å². The molecule has 2 rings (SSSR count). The Balaban J connectivity index is 2.04. The van der Waals surface area contributed by atoms with Crippen LogP contribution in [0.4, 0.5) is 0 Å². The first kappa shape index (κ1) is 15.8. The average Bonchev–Trinajstić information content (AvgIpc) is 2.45. The van der Waals surface area contributed by atoms with Crippen molar-refractivity contribution >= 4 is 11.6 Å². The Bertz CT molecular complexity index is 396. The van der Waals surface area contributed by atoms with Crippen LogP contribution in [0.1, 0.15) is 45.2 Å². The van der Waals surface area contributed by atoms with Crippen molar-refractivity contribution in [3.63, 3.8) is 0 Å². The lowest BCUT2D eigenvalue weighted by molar-refractivity contribution is 0.125. The van der Waals surface area contributed by atoms with Gasteiger partial charge in [0.1, 0.15) is 0 Å². The fourth-order valence-corrected chi connectivity index (χ4v) is 3.24. The first-order valence-electron chi connectivity index (χ1n) is 7.80. The summed E-state index contributed by atoms with van der Waals surface area (Å²) >= 11 is 5.99. The van der Waals surface area contributed by atoms with Crippen molar-refractivity contribution in [1.82, 2.24) is 10.2 Å². The van der Waals surface area contributed by atoms with Crippen molar-refractivity contribution in [2.45, 2.75) is 45.7 Å². The van der Waals surface area contributed by atoms with Gasteiger partial charge in [-0.1, -0.05) is 23.7 Å². The quantitative estimate of drug-likeness (QED) is 0.879. The van der Waals surface area contributed by atoms with Gasteiger partial charge in [0.15, 0.2) is 0 Å². The zero-order valence-corrected chi connectivity index (χ0v) is 13.7. The van der Waals surface area contributed by atoms with Gasteiger partial charge in [0.25, 0.3) is 0 Å². The highest BCUT2D eigenvalue weighted by molar-refractivity contribution is 6.30. The van der Waals surface area contributed by atoms with E-state index in [1.54, 1.807) is 0 Å². The molecule has 112 valence electrons. The molecular weight excluding hydrogens is 268 g/mol. The molecular formula is C17H27ClN2. The molecule has 0 amide bonds. The molecule has 0 aliphatic carbocycles. The molecule has 0 radical (unpaired) electrons. The van der Waals surface area contributed by atoms with Crippen molar-refractivity contribution in [3.05, 3.63) is 34.9 Å². The third-order valence-electron chi connectivity index (χ3n) is 4.44. The SMILES string of the molecule is CC(C)N(CC1CCNCC1)C(C)c1ccc(Cl)cc1. The zero-order chi connectivity index (χ0) is 14.5. The average molecular weight is 295 g/mol. The molecule has 3 heteroatoms. The summed E-state index contributed by atoms with van der Waals surface area (Å²) in [5, 5.41) is 4.27. The van der Waals surface area contributed by atoms with E-state index < -0.39 is 0 Å². The smallest absolute Gasteiger partial charge is 0.0406 e. The van der Waals surface area contributed by atoms with Crippen LogP contribution in [0.5, 0.6) is 0 Å². The van der Waals surface area contributed by atoms with E-state index in [-0.39, 0.29) is 0 Å². The van der Waals surface area contributed by atoms with E-state index in [1.165, 1.54) is 38.0 Å². The largest absolute Gasteiger partial charge is 0.317 e. The van der Waals surface area contributed by atoms with Crippen LogP contribution in [0.2, 0.25) is 5.02 Å². The lowest BCUT2D eigenvalue weighted by Gasteiger charge is -2.37. The molecule has 1 N–H and O–H groups in total. The number of hydrogen-bond acceptors (Lipinski definition) is 2. The van der Waals surface area contributed by atoms with Gasteiger partial charge < -0.3 is 5.32 Å². The maximum atomic E-state index is 5.99. The lowest BCUT2D eigenvalue weighted by atomic mass is 9.95. The first-order valence-corrected chi connectivity index (χ1v) is 8.17. The number of hydrogen-bond donors (Lipinski definition) is 1. The maximum Gasteiger partial charge on any atom is 0.0406 e. The van der Waals surface area contributed by atoms with Crippen molar-refractivity contribution in [2.75, 3.05) is 19.6 Å². The Morgan fingerprint density at radius 3 is 2.30 bits per heavy atom. The second-order valence-electron chi connectivity index (χ2n) is 6.21. The molecule has 1 saturated heterocycles. The molecule has 1 aromatic carbocycles. The molecule has 1 fully saturated rings. The van der Waals surface area contributed by atoms with Gasteiger partial charge in [-0.15, -0.1) is 0 Å². The molecule has 1 heterocycles. The standard InChI is InChI=1S/C17H27ClN2/c1-13(2)20(12-15-8-10-19-11-9-15)14(3)16-4-6-17(18)7-5-16/h4-7,13-15,19H,8-12H2,1-3H3. The van der Waals surface area contributed by atoms with Crippen LogP contribution in [-0.4, -0.2) is 30.6 Å². The number of nitrogens with one attached hydrogen (secondary N) is 1. The Hall–Kier alpha value is -0.570. The van der Waals surface area contributed by atoms with Gasteiger partial charge in [-0.25, -0.2) is 0 Å². The molecule has 1 unspecified atom stereocenters. The molecule has 0 bridgehead atoms. The molecule has 0 aromatic heterocycles. The second-order valence-corrected chi connectivity index (χ2v) is 6.65. The van der Waals surface area contributed by atoms with Crippen LogP contribution in [0.3, 0.4) is 0 Å². The summed E-state index contributed by atoms with van der Waals surface area (Å²) in [4.78, 5) is 2.62. The number of benzene rings is 1. The van der Waals surface area contributed by atoms with E-state index in [0.29, 0.717) is 12.1 Å². The molecule has 1 aromatic rings. The number of rotatable bonds is 5. The summed E-state index contributed by atoms with van der Waals surface area (Å²) in [5.41, 5.74) is 1.36. The second kappa shape index (κ2) is 7.44. The van der Waals surface area contributed by atoms with Gasteiger partial charge in [0.2, 0.25) is 0 Å². The summed E-state index contributed by atoms with van der Waals surface area (Å²) in [6, 6.07) is 9.32. The first-order chi connectivity index (χ1) is 9.58. The Morgan fingerprint density at radius 1 is 1.15 bits per heavy atom. The van der Waals surface area contributed by atoms with Gasteiger partial charge in [-0.2, -0.15) is 0 Å². The number of nitrogens with zero attached hydrogens (tertiary/aromatic N) is 1. The minimum absolute atomic E-state index is 0.446. The molecule has 0 spiro atoms. The third-order valence-corrected chi connectivity index (χ3v) is 4.69. The van der Waals surface area contributed by atoms with Gasteiger partial charge >= 0.3 is 0 Å². The number of halogens is 1. The molecule has 1 atom stereocenters. The molecule has 2 nitrogen and oxygen atoms in total. The predicted molar refractivity (Wildman–Crippen MR) is 87.3 cm³/mol. The van der Waals surface area contributed by atoms with Crippen molar-refractivity contribution in [2.24, 2.45) is 5.92 Å². The van der Waals surface area contributed by atoms with E-state index in [9.17, 15) is 0 Å². The topological polar surface area (TPSA) is 15.3 Å². The minimum Gasteiger partial charge on any atom is -0.317 e. The fourth-order valence-electron chi connectivity index (χ4n) is 3.11. The van der Waals surface area contributed by atoms with E-state index in [2.05, 4.69) is 43.1 Å². The van der Waals surface area contributed by atoms with Gasteiger partial charge in [-0.3, -0.25) is 4.90 Å². The van der Waals surface area contributed by atoms with Gasteiger partial charge in [0.05, 0.1) is 0 Å². The predicted octanol–water partition coefficient (Wildman–Crippen LogP) is 4.11. The van der Waals surface area contributed by atoms with Crippen LogP contribution < -0.4 is 5.32 Å². The van der Waals surface area contributed by atoms with Crippen molar-refractivity contribution in [3.8, 4) is 0 Å². The Morgan fingerprint density at radius 2 is 1.75 bits per heavy atom. The van der Waals surface area contributed by atoms with Crippen LogP contribution in [0, 0.1) is 5.92 Å². The summed E-state index contributed by atoms with van der Waals surface area (Å²) in [5.74, 6) is 0.827. The molecule has 1 aliphatic heterocycles. The zero-order valence-electron chi connectivity index (χ0n) is 12.9.